The highest BCUT2D eigenvalue weighted by atomic mass is 19.4. The van der Waals surface area contributed by atoms with Crippen molar-refractivity contribution in [3.05, 3.63) is 77.9 Å². The summed E-state index contributed by atoms with van der Waals surface area (Å²) in [5, 5.41) is 2.87. The lowest BCUT2D eigenvalue weighted by molar-refractivity contribution is -0.274. The fraction of sp³-hybridized carbons (Fsp3) is 0.273. The molecule has 1 aliphatic rings. The summed E-state index contributed by atoms with van der Waals surface area (Å²) < 4.78 is 43.3. The number of carbonyl (C=O) groups excluding carboxylic acids is 1. The number of aromatic nitrogens is 2. The Labute approximate surface area is 177 Å². The SMILES string of the molecule is O=C(Nc1ccccc1)c1cnc2n1CCN(Cc1cccc(OC(F)(F)F)c1)CC2. The molecule has 2 aromatic carbocycles. The minimum absolute atomic E-state index is 0.226. The summed E-state index contributed by atoms with van der Waals surface area (Å²) in [4.78, 5) is 19.2. The van der Waals surface area contributed by atoms with Gasteiger partial charge in [0.05, 0.1) is 6.20 Å². The number of hydrogen-bond acceptors (Lipinski definition) is 4. The monoisotopic (exact) mass is 430 g/mol. The molecule has 0 aliphatic carbocycles. The molecule has 2 heterocycles. The zero-order valence-electron chi connectivity index (χ0n) is 16.6. The molecule has 0 bridgehead atoms. The Morgan fingerprint density at radius 1 is 1.06 bits per heavy atom. The zero-order valence-corrected chi connectivity index (χ0v) is 16.6. The van der Waals surface area contributed by atoms with Crippen LogP contribution in [0.25, 0.3) is 0 Å². The highest BCUT2D eigenvalue weighted by molar-refractivity contribution is 6.03. The van der Waals surface area contributed by atoms with Crippen LogP contribution in [0.2, 0.25) is 0 Å². The van der Waals surface area contributed by atoms with Crippen molar-refractivity contribution in [2.45, 2.75) is 25.9 Å². The van der Waals surface area contributed by atoms with Gasteiger partial charge in [-0.1, -0.05) is 30.3 Å². The number of anilines is 1. The maximum atomic E-state index is 12.7. The largest absolute Gasteiger partial charge is 0.573 e. The maximum Gasteiger partial charge on any atom is 0.573 e. The predicted molar refractivity (Wildman–Crippen MR) is 109 cm³/mol. The van der Waals surface area contributed by atoms with E-state index < -0.39 is 6.36 Å². The van der Waals surface area contributed by atoms with Crippen molar-refractivity contribution in [2.24, 2.45) is 0 Å². The molecule has 1 aromatic heterocycles. The van der Waals surface area contributed by atoms with Crippen molar-refractivity contribution in [2.75, 3.05) is 18.4 Å². The standard InChI is InChI=1S/C22H21F3N4O2/c23-22(24,25)31-18-8-4-5-16(13-18)15-28-10-9-20-26-14-19(29(20)12-11-28)21(30)27-17-6-2-1-3-7-17/h1-8,13-14H,9-12,15H2,(H,27,30). The number of halogens is 3. The van der Waals surface area contributed by atoms with Crippen LogP contribution in [0.1, 0.15) is 21.9 Å². The van der Waals surface area contributed by atoms with E-state index in [0.717, 1.165) is 11.4 Å². The number of amides is 1. The molecule has 0 radical (unpaired) electrons. The summed E-state index contributed by atoms with van der Waals surface area (Å²) in [6, 6.07) is 15.2. The Morgan fingerprint density at radius 3 is 2.65 bits per heavy atom. The molecule has 1 aliphatic heterocycles. The van der Waals surface area contributed by atoms with Gasteiger partial charge in [-0.25, -0.2) is 4.98 Å². The molecule has 9 heteroatoms. The number of benzene rings is 2. The lowest BCUT2D eigenvalue weighted by Crippen LogP contribution is -2.27. The number of para-hydroxylation sites is 1. The lowest BCUT2D eigenvalue weighted by atomic mass is 10.2. The van der Waals surface area contributed by atoms with Crippen LogP contribution in [0.4, 0.5) is 18.9 Å². The van der Waals surface area contributed by atoms with Crippen LogP contribution in [-0.4, -0.2) is 39.8 Å². The van der Waals surface area contributed by atoms with Crippen molar-refractivity contribution >= 4 is 11.6 Å². The van der Waals surface area contributed by atoms with Gasteiger partial charge >= 0.3 is 6.36 Å². The van der Waals surface area contributed by atoms with E-state index >= 15 is 0 Å². The molecule has 1 N–H and O–H groups in total. The zero-order chi connectivity index (χ0) is 21.8. The second-order valence-corrected chi connectivity index (χ2v) is 7.25. The summed E-state index contributed by atoms with van der Waals surface area (Å²) in [5.41, 5.74) is 1.92. The second-order valence-electron chi connectivity index (χ2n) is 7.25. The molecule has 0 fully saturated rings. The van der Waals surface area contributed by atoms with Crippen LogP contribution in [0.5, 0.6) is 5.75 Å². The van der Waals surface area contributed by atoms with Crippen LogP contribution in [-0.2, 0) is 19.5 Å². The molecule has 0 atom stereocenters. The molecule has 31 heavy (non-hydrogen) atoms. The highest BCUT2D eigenvalue weighted by Gasteiger charge is 2.31. The lowest BCUT2D eigenvalue weighted by Gasteiger charge is -2.20. The first-order valence-electron chi connectivity index (χ1n) is 9.85. The number of alkyl halides is 3. The summed E-state index contributed by atoms with van der Waals surface area (Å²) in [5.74, 6) is 0.359. The highest BCUT2D eigenvalue weighted by Crippen LogP contribution is 2.24. The first-order chi connectivity index (χ1) is 14.9. The Balaban J connectivity index is 1.41. The number of fused-ring (bicyclic) bond motifs is 1. The van der Waals surface area contributed by atoms with Gasteiger partial charge in [0.25, 0.3) is 5.91 Å². The molecular weight excluding hydrogens is 409 g/mol. The summed E-state index contributed by atoms with van der Waals surface area (Å²) in [7, 11) is 0. The summed E-state index contributed by atoms with van der Waals surface area (Å²) >= 11 is 0. The van der Waals surface area contributed by atoms with Gasteiger partial charge in [-0.15, -0.1) is 13.2 Å². The fourth-order valence-corrected chi connectivity index (χ4v) is 3.63. The van der Waals surface area contributed by atoms with E-state index in [-0.39, 0.29) is 11.7 Å². The maximum absolute atomic E-state index is 12.7. The van der Waals surface area contributed by atoms with Crippen molar-refractivity contribution < 1.29 is 22.7 Å². The summed E-state index contributed by atoms with van der Waals surface area (Å²) in [6.45, 7) is 2.36. The number of nitrogens with one attached hydrogen (secondary N) is 1. The molecule has 3 aromatic rings. The minimum atomic E-state index is -4.72. The van der Waals surface area contributed by atoms with Crippen LogP contribution >= 0.6 is 0 Å². The van der Waals surface area contributed by atoms with E-state index in [9.17, 15) is 18.0 Å². The van der Waals surface area contributed by atoms with Gasteiger partial charge in [0.15, 0.2) is 0 Å². The van der Waals surface area contributed by atoms with Crippen molar-refractivity contribution in [3.8, 4) is 5.75 Å². The van der Waals surface area contributed by atoms with Crippen molar-refractivity contribution in [1.82, 2.24) is 14.5 Å². The number of nitrogens with zero attached hydrogens (tertiary/aromatic N) is 3. The first kappa shape index (κ1) is 20.9. The number of ether oxygens (including phenoxy) is 1. The number of rotatable bonds is 5. The molecule has 6 nitrogen and oxygen atoms in total. The van der Waals surface area contributed by atoms with Gasteiger partial charge < -0.3 is 14.6 Å². The van der Waals surface area contributed by atoms with Crippen LogP contribution in [0.3, 0.4) is 0 Å². The average Bonchev–Trinajstić information content (AvgIpc) is 3.03. The molecule has 162 valence electrons. The van der Waals surface area contributed by atoms with Gasteiger partial charge in [-0.2, -0.15) is 0 Å². The van der Waals surface area contributed by atoms with Crippen molar-refractivity contribution in [3.63, 3.8) is 0 Å². The van der Waals surface area contributed by atoms with Gasteiger partial charge in [0.2, 0.25) is 0 Å². The second kappa shape index (κ2) is 8.81. The third-order valence-corrected chi connectivity index (χ3v) is 5.03. The van der Waals surface area contributed by atoms with Crippen molar-refractivity contribution in [1.29, 1.82) is 0 Å². The minimum Gasteiger partial charge on any atom is -0.406 e. The predicted octanol–water partition coefficient (Wildman–Crippen LogP) is 4.09. The van der Waals surface area contributed by atoms with E-state index in [1.54, 1.807) is 18.3 Å². The number of carbonyl (C=O) groups is 1. The number of imidazole rings is 1. The van der Waals surface area contributed by atoms with E-state index in [0.29, 0.717) is 44.0 Å². The Kier molecular flexibility index (Phi) is 5.94. The van der Waals surface area contributed by atoms with Crippen LogP contribution < -0.4 is 10.1 Å². The van der Waals surface area contributed by atoms with Gasteiger partial charge in [-0.3, -0.25) is 9.69 Å². The van der Waals surface area contributed by atoms with Gasteiger partial charge in [0.1, 0.15) is 17.3 Å². The Bertz CT molecular complexity index is 1050. The Hall–Kier alpha value is -3.33. The molecule has 0 spiro atoms. The fourth-order valence-electron chi connectivity index (χ4n) is 3.63. The molecule has 0 unspecified atom stereocenters. The van der Waals surface area contributed by atoms with Gasteiger partial charge in [0, 0.05) is 38.3 Å². The molecule has 0 saturated heterocycles. The van der Waals surface area contributed by atoms with Gasteiger partial charge in [-0.05, 0) is 29.8 Å². The third-order valence-electron chi connectivity index (χ3n) is 5.03. The third kappa shape index (κ3) is 5.43. The first-order valence-corrected chi connectivity index (χ1v) is 9.85. The quantitative estimate of drug-likeness (QED) is 0.663. The average molecular weight is 430 g/mol. The smallest absolute Gasteiger partial charge is 0.406 e. The van der Waals surface area contributed by atoms with E-state index in [1.165, 1.54) is 12.1 Å². The normalized spacial score (nSPS) is 14.5. The van der Waals surface area contributed by atoms with Crippen LogP contribution in [0.15, 0.2) is 60.8 Å². The van der Waals surface area contributed by atoms with E-state index in [2.05, 4.69) is 19.9 Å². The molecule has 0 saturated carbocycles. The van der Waals surface area contributed by atoms with Crippen LogP contribution in [0, 0.1) is 0 Å². The number of hydrogen-bond donors (Lipinski definition) is 1. The molecular formula is C22H21F3N4O2. The summed E-state index contributed by atoms with van der Waals surface area (Å²) in [6.07, 6.45) is -2.49. The van der Waals surface area contributed by atoms with E-state index in [4.69, 9.17) is 0 Å². The van der Waals surface area contributed by atoms with E-state index in [1.807, 2.05) is 34.9 Å². The Morgan fingerprint density at radius 2 is 1.87 bits per heavy atom. The molecule has 4 rings (SSSR count). The topological polar surface area (TPSA) is 59.4 Å². The molecule has 1 amide bonds.